The van der Waals surface area contributed by atoms with E-state index in [2.05, 4.69) is 21.2 Å². The van der Waals surface area contributed by atoms with E-state index in [9.17, 15) is 4.79 Å². The molecule has 1 aromatic rings. The smallest absolute Gasteiger partial charge is 0.251 e. The van der Waals surface area contributed by atoms with E-state index in [1.807, 2.05) is 32.0 Å². The van der Waals surface area contributed by atoms with Crippen molar-refractivity contribution in [3.05, 3.63) is 34.9 Å². The molecular formula is C12H16BrNO. The third-order valence-corrected chi connectivity index (χ3v) is 2.86. The lowest BCUT2D eigenvalue weighted by molar-refractivity contribution is 0.0952. The fraction of sp³-hybridized carbons (Fsp3) is 0.417. The molecule has 0 atom stereocenters. The van der Waals surface area contributed by atoms with Crippen LogP contribution in [0.5, 0.6) is 0 Å². The molecule has 0 heterocycles. The molecule has 0 bridgehead atoms. The fourth-order valence-electron chi connectivity index (χ4n) is 1.53. The Balaban J connectivity index is 2.73. The summed E-state index contributed by atoms with van der Waals surface area (Å²) in [6.45, 7) is 4.65. The second-order valence-electron chi connectivity index (χ2n) is 3.57. The number of nitrogens with one attached hydrogen (secondary N) is 1. The topological polar surface area (TPSA) is 29.1 Å². The first-order valence-electron chi connectivity index (χ1n) is 5.07. The summed E-state index contributed by atoms with van der Waals surface area (Å²) in [7, 11) is 0. The number of rotatable bonds is 4. The Morgan fingerprint density at radius 1 is 1.33 bits per heavy atom. The van der Waals surface area contributed by atoms with Gasteiger partial charge in [0.05, 0.1) is 0 Å². The molecule has 0 aliphatic heterocycles. The van der Waals surface area contributed by atoms with E-state index in [-0.39, 0.29) is 5.91 Å². The molecule has 3 heteroatoms. The molecule has 0 fully saturated rings. The van der Waals surface area contributed by atoms with Crippen molar-refractivity contribution in [2.75, 3.05) is 11.9 Å². The number of carbonyl (C=O) groups is 1. The van der Waals surface area contributed by atoms with E-state index in [4.69, 9.17) is 0 Å². The highest BCUT2D eigenvalue weighted by Gasteiger charge is 2.10. The van der Waals surface area contributed by atoms with Gasteiger partial charge in [-0.1, -0.05) is 34.1 Å². The zero-order valence-electron chi connectivity index (χ0n) is 9.14. The number of alkyl halides is 1. The number of aryl methyl sites for hydroxylation is 2. The molecule has 0 aliphatic carbocycles. The number of halogens is 1. The standard InChI is InChI=1S/C12H16BrNO/c1-9-5-3-6-10(2)11(9)12(15)14-8-4-7-13/h3,5-6H,4,7-8H2,1-2H3,(H,14,15). The molecule has 1 aromatic carbocycles. The SMILES string of the molecule is Cc1cccc(C)c1C(=O)NCCCBr. The molecule has 0 radical (unpaired) electrons. The van der Waals surface area contributed by atoms with Crippen molar-refractivity contribution in [3.63, 3.8) is 0 Å². The van der Waals surface area contributed by atoms with Gasteiger partial charge in [0.15, 0.2) is 0 Å². The number of amides is 1. The van der Waals surface area contributed by atoms with E-state index >= 15 is 0 Å². The third kappa shape index (κ3) is 3.34. The van der Waals surface area contributed by atoms with Crippen LogP contribution in [0.15, 0.2) is 18.2 Å². The van der Waals surface area contributed by atoms with Crippen molar-refractivity contribution in [3.8, 4) is 0 Å². The van der Waals surface area contributed by atoms with Gasteiger partial charge in [0, 0.05) is 17.4 Å². The highest BCUT2D eigenvalue weighted by Crippen LogP contribution is 2.12. The van der Waals surface area contributed by atoms with Gasteiger partial charge in [0.25, 0.3) is 5.91 Å². The average Bonchev–Trinajstić information content (AvgIpc) is 2.18. The van der Waals surface area contributed by atoms with Crippen LogP contribution in [0.3, 0.4) is 0 Å². The molecule has 1 amide bonds. The molecule has 15 heavy (non-hydrogen) atoms. The zero-order valence-corrected chi connectivity index (χ0v) is 10.7. The first-order chi connectivity index (χ1) is 7.16. The largest absolute Gasteiger partial charge is 0.352 e. The van der Waals surface area contributed by atoms with Crippen LogP contribution in [-0.4, -0.2) is 17.8 Å². The van der Waals surface area contributed by atoms with Crippen molar-refractivity contribution in [1.82, 2.24) is 5.32 Å². The molecule has 0 saturated heterocycles. The molecule has 2 nitrogen and oxygen atoms in total. The molecule has 82 valence electrons. The lowest BCUT2D eigenvalue weighted by Crippen LogP contribution is -2.26. The summed E-state index contributed by atoms with van der Waals surface area (Å²) < 4.78 is 0. The highest BCUT2D eigenvalue weighted by molar-refractivity contribution is 9.09. The molecule has 0 spiro atoms. The Morgan fingerprint density at radius 3 is 2.47 bits per heavy atom. The lowest BCUT2D eigenvalue weighted by Gasteiger charge is -2.09. The van der Waals surface area contributed by atoms with Crippen molar-refractivity contribution in [2.45, 2.75) is 20.3 Å². The van der Waals surface area contributed by atoms with Crippen molar-refractivity contribution in [1.29, 1.82) is 0 Å². The Bertz CT molecular complexity index is 329. The zero-order chi connectivity index (χ0) is 11.3. The Kier molecular flexibility index (Phi) is 4.82. The summed E-state index contributed by atoms with van der Waals surface area (Å²) in [5.74, 6) is 0.0338. The molecule has 0 saturated carbocycles. The lowest BCUT2D eigenvalue weighted by atomic mass is 10.0. The summed E-state index contributed by atoms with van der Waals surface area (Å²) in [6, 6.07) is 5.90. The van der Waals surface area contributed by atoms with Gasteiger partial charge in [0.1, 0.15) is 0 Å². The van der Waals surface area contributed by atoms with Crippen LogP contribution in [0.2, 0.25) is 0 Å². The minimum atomic E-state index is 0.0338. The maximum Gasteiger partial charge on any atom is 0.251 e. The number of hydrogen-bond donors (Lipinski definition) is 1. The predicted octanol–water partition coefficient (Wildman–Crippen LogP) is 2.82. The van der Waals surface area contributed by atoms with E-state index in [1.54, 1.807) is 0 Å². The molecular weight excluding hydrogens is 254 g/mol. The minimum absolute atomic E-state index is 0.0338. The maximum atomic E-state index is 11.8. The van der Waals surface area contributed by atoms with Gasteiger partial charge in [-0.3, -0.25) is 4.79 Å². The Morgan fingerprint density at radius 2 is 1.93 bits per heavy atom. The number of carbonyl (C=O) groups excluding carboxylic acids is 1. The summed E-state index contributed by atoms with van der Waals surface area (Å²) in [6.07, 6.45) is 0.955. The normalized spacial score (nSPS) is 10.1. The first kappa shape index (κ1) is 12.2. The van der Waals surface area contributed by atoms with Crippen LogP contribution in [0.25, 0.3) is 0 Å². The van der Waals surface area contributed by atoms with Crippen molar-refractivity contribution in [2.24, 2.45) is 0 Å². The van der Waals surface area contributed by atoms with Crippen LogP contribution >= 0.6 is 15.9 Å². The molecule has 0 unspecified atom stereocenters. The minimum Gasteiger partial charge on any atom is -0.352 e. The van der Waals surface area contributed by atoms with Crippen LogP contribution in [0.1, 0.15) is 27.9 Å². The monoisotopic (exact) mass is 269 g/mol. The van der Waals surface area contributed by atoms with Gasteiger partial charge < -0.3 is 5.32 Å². The Hall–Kier alpha value is -0.830. The Labute approximate surface area is 99.2 Å². The van der Waals surface area contributed by atoms with Gasteiger partial charge in [-0.2, -0.15) is 0 Å². The highest BCUT2D eigenvalue weighted by atomic mass is 79.9. The first-order valence-corrected chi connectivity index (χ1v) is 6.19. The molecule has 0 aromatic heterocycles. The van der Waals surface area contributed by atoms with E-state index in [0.717, 1.165) is 35.0 Å². The van der Waals surface area contributed by atoms with Crippen LogP contribution in [0.4, 0.5) is 0 Å². The van der Waals surface area contributed by atoms with Crippen LogP contribution in [0, 0.1) is 13.8 Å². The van der Waals surface area contributed by atoms with E-state index < -0.39 is 0 Å². The van der Waals surface area contributed by atoms with Gasteiger partial charge in [-0.25, -0.2) is 0 Å². The summed E-state index contributed by atoms with van der Waals surface area (Å²) in [4.78, 5) is 11.8. The second kappa shape index (κ2) is 5.91. The predicted molar refractivity (Wildman–Crippen MR) is 66.7 cm³/mol. The molecule has 1 rings (SSSR count). The quantitative estimate of drug-likeness (QED) is 0.661. The third-order valence-electron chi connectivity index (χ3n) is 2.30. The van der Waals surface area contributed by atoms with Crippen LogP contribution in [-0.2, 0) is 0 Å². The second-order valence-corrected chi connectivity index (χ2v) is 4.36. The van der Waals surface area contributed by atoms with Gasteiger partial charge >= 0.3 is 0 Å². The summed E-state index contributed by atoms with van der Waals surface area (Å²) in [5.41, 5.74) is 2.88. The van der Waals surface area contributed by atoms with E-state index in [1.165, 1.54) is 0 Å². The number of benzene rings is 1. The maximum absolute atomic E-state index is 11.8. The van der Waals surface area contributed by atoms with Gasteiger partial charge in [-0.15, -0.1) is 0 Å². The van der Waals surface area contributed by atoms with Crippen LogP contribution < -0.4 is 5.32 Å². The number of hydrogen-bond acceptors (Lipinski definition) is 1. The average molecular weight is 270 g/mol. The molecule has 0 aliphatic rings. The summed E-state index contributed by atoms with van der Waals surface area (Å²) >= 11 is 3.33. The molecule has 1 N–H and O–H groups in total. The van der Waals surface area contributed by atoms with Crippen molar-refractivity contribution >= 4 is 21.8 Å². The fourth-order valence-corrected chi connectivity index (χ4v) is 1.81. The van der Waals surface area contributed by atoms with Gasteiger partial charge in [0.2, 0.25) is 0 Å². The van der Waals surface area contributed by atoms with Gasteiger partial charge in [-0.05, 0) is 31.4 Å². The summed E-state index contributed by atoms with van der Waals surface area (Å²) in [5, 5.41) is 3.83. The van der Waals surface area contributed by atoms with Crippen molar-refractivity contribution < 1.29 is 4.79 Å². The van der Waals surface area contributed by atoms with E-state index in [0.29, 0.717) is 0 Å².